The second kappa shape index (κ2) is 8.15. The Kier molecular flexibility index (Phi) is 5.94. The molecule has 2 rings (SSSR count). The summed E-state index contributed by atoms with van der Waals surface area (Å²) >= 11 is 0. The van der Waals surface area contributed by atoms with Crippen molar-refractivity contribution in [1.29, 1.82) is 10.7 Å². The van der Waals surface area contributed by atoms with E-state index < -0.39 is 0 Å². The Morgan fingerprint density at radius 1 is 1.48 bits per heavy atom. The van der Waals surface area contributed by atoms with Gasteiger partial charge in [-0.2, -0.15) is 10.4 Å². The molecule has 1 aliphatic rings. The first-order valence-corrected chi connectivity index (χ1v) is 7.58. The molecule has 0 aromatic heterocycles. The van der Waals surface area contributed by atoms with Crippen molar-refractivity contribution in [1.82, 2.24) is 4.90 Å². The van der Waals surface area contributed by atoms with Crippen LogP contribution in [0.3, 0.4) is 0 Å². The first-order chi connectivity index (χ1) is 11.1. The van der Waals surface area contributed by atoms with Crippen molar-refractivity contribution in [2.75, 3.05) is 32.2 Å². The molecule has 1 aromatic rings. The fourth-order valence-corrected chi connectivity index (χ4v) is 2.38. The van der Waals surface area contributed by atoms with Gasteiger partial charge in [0, 0.05) is 0 Å². The number of anilines is 1. The Morgan fingerprint density at radius 3 is 2.83 bits per heavy atom. The molecule has 0 amide bonds. The molecule has 1 aliphatic heterocycles. The van der Waals surface area contributed by atoms with Crippen LogP contribution >= 0.6 is 0 Å². The third-order valence-corrected chi connectivity index (χ3v) is 3.85. The van der Waals surface area contributed by atoms with Crippen molar-refractivity contribution in [3.05, 3.63) is 24.3 Å². The molecular formula is C16H22N6O. The van der Waals surface area contributed by atoms with Crippen LogP contribution in [0.15, 0.2) is 29.4 Å². The van der Waals surface area contributed by atoms with Crippen LogP contribution in [-0.2, 0) is 0 Å². The molecule has 23 heavy (non-hydrogen) atoms. The third-order valence-electron chi connectivity index (χ3n) is 3.85. The van der Waals surface area contributed by atoms with Crippen molar-refractivity contribution >= 4 is 17.2 Å². The quantitative estimate of drug-likeness (QED) is 0.420. The van der Waals surface area contributed by atoms with Crippen molar-refractivity contribution < 1.29 is 4.74 Å². The zero-order chi connectivity index (χ0) is 16.7. The summed E-state index contributed by atoms with van der Waals surface area (Å²) in [5, 5.41) is 20.0. The van der Waals surface area contributed by atoms with Crippen LogP contribution in [0.5, 0.6) is 5.75 Å². The average Bonchev–Trinajstić information content (AvgIpc) is 2.55. The van der Waals surface area contributed by atoms with Gasteiger partial charge < -0.3 is 15.4 Å². The van der Waals surface area contributed by atoms with Crippen LogP contribution in [0.4, 0.5) is 5.69 Å². The summed E-state index contributed by atoms with van der Waals surface area (Å²) in [6, 6.07) is 9.16. The van der Waals surface area contributed by atoms with Gasteiger partial charge in [0.25, 0.3) is 0 Å². The highest BCUT2D eigenvalue weighted by Crippen LogP contribution is 2.26. The molecule has 4 N–H and O–H groups in total. The Bertz CT molecular complexity index is 613. The van der Waals surface area contributed by atoms with Crippen molar-refractivity contribution in [3.63, 3.8) is 0 Å². The van der Waals surface area contributed by atoms with Gasteiger partial charge in [-0.1, -0.05) is 12.1 Å². The molecule has 0 radical (unpaired) electrons. The summed E-state index contributed by atoms with van der Waals surface area (Å²) < 4.78 is 5.92. The number of piperidine rings is 1. The number of ether oxygens (including phenoxy) is 1. The molecule has 0 saturated carbocycles. The second-order valence-electron chi connectivity index (χ2n) is 5.65. The van der Waals surface area contributed by atoms with Crippen LogP contribution in [0.1, 0.15) is 12.8 Å². The minimum Gasteiger partial charge on any atom is -0.491 e. The molecule has 0 unspecified atom stereocenters. The van der Waals surface area contributed by atoms with E-state index in [1.165, 1.54) is 0 Å². The number of nitrogens with one attached hydrogen (secondary N) is 2. The van der Waals surface area contributed by atoms with Gasteiger partial charge in [-0.15, -0.1) is 0 Å². The van der Waals surface area contributed by atoms with E-state index >= 15 is 0 Å². The van der Waals surface area contributed by atoms with E-state index in [4.69, 9.17) is 21.1 Å². The smallest absolute Gasteiger partial charge is 0.201 e. The number of nitrogens with zero attached hydrogens (tertiary/aromatic N) is 3. The summed E-state index contributed by atoms with van der Waals surface area (Å²) in [7, 11) is 2.14. The first-order valence-electron chi connectivity index (χ1n) is 7.58. The van der Waals surface area contributed by atoms with Crippen LogP contribution < -0.4 is 15.9 Å². The summed E-state index contributed by atoms with van der Waals surface area (Å²) in [5.41, 5.74) is 8.51. The summed E-state index contributed by atoms with van der Waals surface area (Å²) in [5.74, 6) is 0.857. The molecule has 0 spiro atoms. The van der Waals surface area contributed by atoms with Crippen LogP contribution in [-0.4, -0.2) is 43.2 Å². The largest absolute Gasteiger partial charge is 0.491 e. The highest BCUT2D eigenvalue weighted by molar-refractivity contribution is 6.45. The molecule has 0 bridgehead atoms. The van der Waals surface area contributed by atoms with Crippen LogP contribution in [0.2, 0.25) is 0 Å². The summed E-state index contributed by atoms with van der Waals surface area (Å²) in [6.07, 6.45) is 2.26. The van der Waals surface area contributed by atoms with E-state index in [-0.39, 0.29) is 11.5 Å². The van der Waals surface area contributed by atoms with Gasteiger partial charge in [0.1, 0.15) is 11.8 Å². The summed E-state index contributed by atoms with van der Waals surface area (Å²) in [6.45, 7) is 2.86. The molecule has 0 aliphatic carbocycles. The zero-order valence-corrected chi connectivity index (χ0v) is 13.2. The van der Waals surface area contributed by atoms with Gasteiger partial charge in [0.15, 0.2) is 5.84 Å². The van der Waals surface area contributed by atoms with Crippen LogP contribution in [0, 0.1) is 22.7 Å². The number of hydrogen-bond acceptors (Lipinski definition) is 6. The van der Waals surface area contributed by atoms with E-state index in [9.17, 15) is 0 Å². The van der Waals surface area contributed by atoms with E-state index in [0.29, 0.717) is 24.0 Å². The number of rotatable bonds is 6. The molecule has 7 nitrogen and oxygen atoms in total. The number of hydrazone groups is 1. The van der Waals surface area contributed by atoms with E-state index in [2.05, 4.69) is 22.5 Å². The topological polar surface area (TPSA) is 111 Å². The Morgan fingerprint density at radius 2 is 2.17 bits per heavy atom. The van der Waals surface area contributed by atoms with Gasteiger partial charge in [-0.25, -0.2) is 0 Å². The van der Waals surface area contributed by atoms with Gasteiger partial charge in [0.2, 0.25) is 5.71 Å². The Labute approximate surface area is 136 Å². The van der Waals surface area contributed by atoms with Crippen molar-refractivity contribution in [2.24, 2.45) is 16.8 Å². The van der Waals surface area contributed by atoms with E-state index in [0.717, 1.165) is 25.9 Å². The predicted octanol–water partition coefficient (Wildman–Crippen LogP) is 1.63. The number of amidine groups is 1. The fraction of sp³-hybridized carbons (Fsp3) is 0.438. The molecular weight excluding hydrogens is 292 g/mol. The molecule has 1 aromatic carbocycles. The summed E-state index contributed by atoms with van der Waals surface area (Å²) in [4.78, 5) is 2.33. The molecule has 1 saturated heterocycles. The standard InChI is InChI=1S/C16H22N6O/c1-22-8-6-12(7-9-22)11-23-15-5-3-2-4-13(15)20-21-14(10-17)16(18)19/h2-5,12,20H,6-9,11H2,1H3,(H3,18,19)/b21-14+. The predicted molar refractivity (Wildman–Crippen MR) is 90.7 cm³/mol. The number of nitrogens with two attached hydrogens (primary N) is 1. The zero-order valence-electron chi connectivity index (χ0n) is 13.2. The van der Waals surface area contributed by atoms with Gasteiger partial charge in [0.05, 0.1) is 12.3 Å². The lowest BCUT2D eigenvalue weighted by atomic mass is 9.98. The number of likely N-dealkylation sites (tertiary alicyclic amines) is 1. The van der Waals surface area contributed by atoms with Gasteiger partial charge in [-0.05, 0) is 51.0 Å². The minimum absolute atomic E-state index is 0.157. The van der Waals surface area contributed by atoms with E-state index in [1.807, 2.05) is 24.3 Å². The first kappa shape index (κ1) is 16.8. The maximum Gasteiger partial charge on any atom is 0.201 e. The maximum absolute atomic E-state index is 8.86. The van der Waals surface area contributed by atoms with Gasteiger partial charge >= 0.3 is 0 Å². The minimum atomic E-state index is -0.371. The van der Waals surface area contributed by atoms with E-state index in [1.54, 1.807) is 6.07 Å². The highest BCUT2D eigenvalue weighted by atomic mass is 16.5. The number of benzene rings is 1. The lowest BCUT2D eigenvalue weighted by Crippen LogP contribution is -2.32. The number of nitriles is 1. The number of para-hydroxylation sites is 2. The molecule has 1 heterocycles. The molecule has 1 fully saturated rings. The normalized spacial score (nSPS) is 16.6. The highest BCUT2D eigenvalue weighted by Gasteiger charge is 2.17. The fourth-order valence-electron chi connectivity index (χ4n) is 2.38. The van der Waals surface area contributed by atoms with Crippen LogP contribution in [0.25, 0.3) is 0 Å². The third kappa shape index (κ3) is 4.97. The lowest BCUT2D eigenvalue weighted by molar-refractivity contribution is 0.160. The Hall–Kier alpha value is -2.59. The Balaban J connectivity index is 1.97. The second-order valence-corrected chi connectivity index (χ2v) is 5.65. The number of hydrogen-bond donors (Lipinski definition) is 3. The molecule has 122 valence electrons. The monoisotopic (exact) mass is 314 g/mol. The SMILES string of the molecule is CN1CCC(COc2ccccc2N/N=C(\C#N)C(=N)N)CC1. The average molecular weight is 314 g/mol. The van der Waals surface area contributed by atoms with Crippen molar-refractivity contribution in [3.8, 4) is 11.8 Å². The lowest BCUT2D eigenvalue weighted by Gasteiger charge is -2.28. The van der Waals surface area contributed by atoms with Gasteiger partial charge in [-0.3, -0.25) is 10.8 Å². The van der Waals surface area contributed by atoms with Crippen molar-refractivity contribution in [2.45, 2.75) is 12.8 Å². The maximum atomic E-state index is 8.86. The molecule has 0 atom stereocenters. The molecule has 7 heteroatoms.